The molecular weight excluding hydrogens is 455 g/mol. The Labute approximate surface area is 203 Å². The van der Waals surface area contributed by atoms with Crippen LogP contribution in [0.5, 0.6) is 5.75 Å². The van der Waals surface area contributed by atoms with Gasteiger partial charge in [-0.15, -0.1) is 0 Å². The first-order valence-corrected chi connectivity index (χ1v) is 11.7. The number of imide groups is 1. The Morgan fingerprint density at radius 3 is 2.15 bits per heavy atom. The van der Waals surface area contributed by atoms with Gasteiger partial charge in [-0.3, -0.25) is 19.3 Å². The van der Waals surface area contributed by atoms with Crippen LogP contribution in [0.2, 0.25) is 0 Å². The van der Waals surface area contributed by atoms with Gasteiger partial charge in [0, 0.05) is 11.1 Å². The maximum absolute atomic E-state index is 13.8. The third-order valence-electron chi connectivity index (χ3n) is 5.37. The fourth-order valence-corrected chi connectivity index (χ4v) is 4.41. The van der Waals surface area contributed by atoms with E-state index in [0.717, 1.165) is 27.8 Å². The number of nitrogens with one attached hydrogen (secondary N) is 1. The van der Waals surface area contributed by atoms with Crippen LogP contribution in [0, 0.1) is 5.82 Å². The van der Waals surface area contributed by atoms with Gasteiger partial charge in [0.1, 0.15) is 18.1 Å². The Balaban J connectivity index is 1.89. The first kappa shape index (κ1) is 25.5. The fraction of sp³-hybridized carbons (Fsp3) is 0.346. The topological polar surface area (TPSA) is 86.7 Å². The highest BCUT2D eigenvalue weighted by Crippen LogP contribution is 2.41. The molecule has 1 aliphatic rings. The molecule has 0 atom stereocenters. The predicted molar refractivity (Wildman–Crippen MR) is 133 cm³/mol. The van der Waals surface area contributed by atoms with Crippen LogP contribution in [0.1, 0.15) is 58.2 Å². The highest BCUT2D eigenvalue weighted by Gasteiger charge is 2.36. The molecule has 8 heteroatoms. The van der Waals surface area contributed by atoms with Crippen molar-refractivity contribution in [2.45, 2.75) is 52.4 Å². The number of rotatable bonds is 4. The molecule has 2 aromatic rings. The van der Waals surface area contributed by atoms with Crippen LogP contribution in [0.3, 0.4) is 0 Å². The lowest BCUT2D eigenvalue weighted by molar-refractivity contribution is -0.127. The number of amides is 3. The van der Waals surface area contributed by atoms with Gasteiger partial charge < -0.3 is 10.4 Å². The van der Waals surface area contributed by atoms with Gasteiger partial charge in [-0.1, -0.05) is 53.7 Å². The van der Waals surface area contributed by atoms with Crippen LogP contribution in [0.4, 0.5) is 14.9 Å². The van der Waals surface area contributed by atoms with Crippen LogP contribution in [-0.4, -0.2) is 33.6 Å². The molecule has 1 heterocycles. The molecule has 0 saturated carbocycles. The molecule has 6 nitrogen and oxygen atoms in total. The number of hydrogen-bond acceptors (Lipinski definition) is 5. The zero-order valence-electron chi connectivity index (χ0n) is 20.2. The molecule has 0 spiro atoms. The van der Waals surface area contributed by atoms with Crippen molar-refractivity contribution >= 4 is 40.6 Å². The lowest BCUT2D eigenvalue weighted by Gasteiger charge is -2.28. The number of nitrogens with zero attached hydrogens (tertiary/aromatic N) is 1. The van der Waals surface area contributed by atoms with Crippen molar-refractivity contribution in [2.24, 2.45) is 0 Å². The molecule has 180 valence electrons. The molecule has 34 heavy (non-hydrogen) atoms. The van der Waals surface area contributed by atoms with Crippen molar-refractivity contribution in [3.63, 3.8) is 0 Å². The van der Waals surface area contributed by atoms with Gasteiger partial charge in [0.15, 0.2) is 0 Å². The van der Waals surface area contributed by atoms with E-state index >= 15 is 0 Å². The Morgan fingerprint density at radius 1 is 1.06 bits per heavy atom. The van der Waals surface area contributed by atoms with E-state index in [1.54, 1.807) is 12.1 Å². The molecule has 0 radical (unpaired) electrons. The van der Waals surface area contributed by atoms with Gasteiger partial charge in [0.05, 0.1) is 10.6 Å². The summed E-state index contributed by atoms with van der Waals surface area (Å²) in [6, 6.07) is 9.27. The van der Waals surface area contributed by atoms with Crippen molar-refractivity contribution < 1.29 is 23.9 Å². The molecule has 0 aromatic heterocycles. The second-order valence-electron chi connectivity index (χ2n) is 10.3. The van der Waals surface area contributed by atoms with Gasteiger partial charge in [0.25, 0.3) is 11.1 Å². The van der Waals surface area contributed by atoms with Gasteiger partial charge in [-0.05, 0) is 58.5 Å². The van der Waals surface area contributed by atoms with E-state index in [9.17, 15) is 23.9 Å². The summed E-state index contributed by atoms with van der Waals surface area (Å²) in [4.78, 5) is 38.8. The number of hydrogen-bond donors (Lipinski definition) is 2. The molecule has 1 saturated heterocycles. The van der Waals surface area contributed by atoms with Gasteiger partial charge in [-0.2, -0.15) is 0 Å². The van der Waals surface area contributed by atoms with Crippen molar-refractivity contribution in [2.75, 3.05) is 11.9 Å². The zero-order chi connectivity index (χ0) is 25.4. The standard InChI is InChI=1S/C26H29FN2O4S/c1-25(2,3)16-11-15(12-17(22(16)31)26(4,5)6)13-20-23(32)29(24(33)34-20)14-21(30)28-19-10-8-7-9-18(19)27/h7-13,31H,14H2,1-6H3,(H,28,30)/b20-13-. The third-order valence-corrected chi connectivity index (χ3v) is 6.28. The van der Waals surface area contributed by atoms with E-state index in [1.165, 1.54) is 18.2 Å². The smallest absolute Gasteiger partial charge is 0.294 e. The van der Waals surface area contributed by atoms with Crippen molar-refractivity contribution in [1.29, 1.82) is 0 Å². The number of thioether (sulfide) groups is 1. The van der Waals surface area contributed by atoms with E-state index in [-0.39, 0.29) is 27.2 Å². The fourth-order valence-electron chi connectivity index (χ4n) is 3.57. The first-order chi connectivity index (χ1) is 15.7. The molecule has 3 rings (SSSR count). The summed E-state index contributed by atoms with van der Waals surface area (Å²) in [5.74, 6) is -1.67. The summed E-state index contributed by atoms with van der Waals surface area (Å²) in [7, 11) is 0. The average Bonchev–Trinajstić information content (AvgIpc) is 2.96. The molecule has 3 amide bonds. The van der Waals surface area contributed by atoms with Crippen LogP contribution in [0.15, 0.2) is 41.3 Å². The normalized spacial score (nSPS) is 15.9. The van der Waals surface area contributed by atoms with E-state index in [1.807, 2.05) is 53.7 Å². The number of aromatic hydroxyl groups is 1. The SMILES string of the molecule is CC(C)(C)c1cc(/C=C2\SC(=O)N(CC(=O)Nc3ccccc3F)C2=O)cc(C(C)(C)C)c1O. The molecule has 0 unspecified atom stereocenters. The zero-order valence-corrected chi connectivity index (χ0v) is 21.0. The van der Waals surface area contributed by atoms with Gasteiger partial charge >= 0.3 is 0 Å². The molecule has 2 N–H and O–H groups in total. The Hall–Kier alpha value is -3.13. The summed E-state index contributed by atoms with van der Waals surface area (Å²) >= 11 is 0.741. The lowest BCUT2D eigenvalue weighted by Crippen LogP contribution is -2.36. The second-order valence-corrected chi connectivity index (χ2v) is 11.3. The number of anilines is 1. The molecule has 2 aromatic carbocycles. The van der Waals surface area contributed by atoms with Crippen LogP contribution < -0.4 is 5.32 Å². The molecule has 0 bridgehead atoms. The molecular formula is C26H29FN2O4S. The summed E-state index contributed by atoms with van der Waals surface area (Å²) in [5.41, 5.74) is 1.41. The van der Waals surface area contributed by atoms with Crippen molar-refractivity contribution in [3.05, 3.63) is 63.8 Å². The van der Waals surface area contributed by atoms with Crippen molar-refractivity contribution in [3.8, 4) is 5.75 Å². The van der Waals surface area contributed by atoms with Crippen LogP contribution in [-0.2, 0) is 20.4 Å². The minimum absolute atomic E-state index is 0.0245. The average molecular weight is 485 g/mol. The van der Waals surface area contributed by atoms with Gasteiger partial charge in [0.2, 0.25) is 5.91 Å². The predicted octanol–water partition coefficient (Wildman–Crippen LogP) is 5.80. The van der Waals surface area contributed by atoms with E-state index in [4.69, 9.17) is 0 Å². The number of phenols is 1. The second kappa shape index (κ2) is 9.25. The quantitative estimate of drug-likeness (QED) is 0.536. The highest BCUT2D eigenvalue weighted by atomic mass is 32.2. The van der Waals surface area contributed by atoms with Crippen LogP contribution in [0.25, 0.3) is 6.08 Å². The summed E-state index contributed by atoms with van der Waals surface area (Å²) in [5, 5.41) is 12.7. The monoisotopic (exact) mass is 484 g/mol. The third kappa shape index (κ3) is 5.50. The summed E-state index contributed by atoms with van der Waals surface area (Å²) in [6.45, 7) is 11.4. The van der Waals surface area contributed by atoms with Crippen molar-refractivity contribution in [1.82, 2.24) is 4.90 Å². The lowest BCUT2D eigenvalue weighted by atomic mass is 9.78. The Morgan fingerprint density at radius 2 is 1.62 bits per heavy atom. The summed E-state index contributed by atoms with van der Waals surface area (Å²) in [6.07, 6.45) is 1.60. The minimum atomic E-state index is -0.677. The number of phenolic OH excluding ortho intramolecular Hbond substituents is 1. The number of para-hydroxylation sites is 1. The molecule has 0 aliphatic carbocycles. The maximum Gasteiger partial charge on any atom is 0.294 e. The highest BCUT2D eigenvalue weighted by molar-refractivity contribution is 8.18. The van der Waals surface area contributed by atoms with Crippen LogP contribution >= 0.6 is 11.8 Å². The summed E-state index contributed by atoms with van der Waals surface area (Å²) < 4.78 is 13.8. The van der Waals surface area contributed by atoms with E-state index < -0.39 is 29.4 Å². The number of halogens is 1. The number of carbonyl (C=O) groups is 3. The first-order valence-electron chi connectivity index (χ1n) is 10.9. The maximum atomic E-state index is 13.8. The molecule has 1 fully saturated rings. The Kier molecular flexibility index (Phi) is 6.94. The Bertz CT molecular complexity index is 1160. The number of benzene rings is 2. The van der Waals surface area contributed by atoms with E-state index in [2.05, 4.69) is 5.32 Å². The molecule has 1 aliphatic heterocycles. The van der Waals surface area contributed by atoms with E-state index in [0.29, 0.717) is 5.56 Å². The van der Waals surface area contributed by atoms with Gasteiger partial charge in [-0.25, -0.2) is 4.39 Å². The minimum Gasteiger partial charge on any atom is -0.507 e. The largest absolute Gasteiger partial charge is 0.507 e. The number of carbonyl (C=O) groups excluding carboxylic acids is 3.